The molecule has 1 aliphatic heterocycles. The number of methoxy groups -OCH3 is 1. The Hall–Kier alpha value is -2.76. The van der Waals surface area contributed by atoms with E-state index in [0.29, 0.717) is 6.61 Å². The summed E-state index contributed by atoms with van der Waals surface area (Å²) in [4.78, 5) is 12.6. The van der Waals surface area contributed by atoms with Crippen LogP contribution in [0.1, 0.15) is 16.7 Å². The fourth-order valence-corrected chi connectivity index (χ4v) is 4.43. The van der Waals surface area contributed by atoms with Crippen LogP contribution in [0.4, 0.5) is 0 Å². The van der Waals surface area contributed by atoms with Gasteiger partial charge in [-0.15, -0.1) is 0 Å². The van der Waals surface area contributed by atoms with Crippen molar-refractivity contribution in [2.75, 3.05) is 20.2 Å². The van der Waals surface area contributed by atoms with Crippen molar-refractivity contribution in [2.24, 2.45) is 5.92 Å². The summed E-state index contributed by atoms with van der Waals surface area (Å²) in [5.41, 5.74) is 3.66. The summed E-state index contributed by atoms with van der Waals surface area (Å²) < 4.78 is 13.0. The summed E-state index contributed by atoms with van der Waals surface area (Å²) in [7, 11) is 1.44. The first kappa shape index (κ1) is 20.5. The SMILES string of the molecule is COC(=O)C1CN(Sc2ccc(COc3cccc(Cc4ccccc4)c3)cc2)C1. The number of benzene rings is 3. The van der Waals surface area contributed by atoms with Gasteiger partial charge in [0.2, 0.25) is 0 Å². The molecule has 1 aliphatic rings. The summed E-state index contributed by atoms with van der Waals surface area (Å²) >= 11 is 1.67. The van der Waals surface area contributed by atoms with Gasteiger partial charge in [0, 0.05) is 18.0 Å². The number of nitrogens with zero attached hydrogens (tertiary/aromatic N) is 1. The van der Waals surface area contributed by atoms with Gasteiger partial charge < -0.3 is 9.47 Å². The average molecular weight is 420 g/mol. The predicted molar refractivity (Wildman–Crippen MR) is 119 cm³/mol. The molecular weight excluding hydrogens is 394 g/mol. The third-order valence-corrected chi connectivity index (χ3v) is 6.13. The quantitative estimate of drug-likeness (QED) is 0.381. The number of carbonyl (C=O) groups is 1. The lowest BCUT2D eigenvalue weighted by molar-refractivity contribution is -0.148. The summed E-state index contributed by atoms with van der Waals surface area (Å²) in [5, 5.41) is 0. The summed E-state index contributed by atoms with van der Waals surface area (Å²) in [6, 6.07) is 27.1. The van der Waals surface area contributed by atoms with Gasteiger partial charge in [-0.25, -0.2) is 4.31 Å². The van der Waals surface area contributed by atoms with Crippen LogP contribution in [-0.4, -0.2) is 30.5 Å². The highest BCUT2D eigenvalue weighted by atomic mass is 32.2. The first-order valence-electron chi connectivity index (χ1n) is 10.0. The molecule has 4 nitrogen and oxygen atoms in total. The van der Waals surface area contributed by atoms with E-state index in [-0.39, 0.29) is 11.9 Å². The Labute approximate surface area is 182 Å². The summed E-state index contributed by atoms with van der Waals surface area (Å²) in [5.74, 6) is 0.774. The standard InChI is InChI=1S/C25H25NO3S/c1-28-25(27)22-16-26(17-22)30-24-12-10-20(11-13-24)18-29-23-9-5-8-21(15-23)14-19-6-3-2-4-7-19/h2-13,15,22H,14,16-18H2,1H3. The Balaban J connectivity index is 1.26. The predicted octanol–water partition coefficient (Wildman–Crippen LogP) is 4.97. The van der Waals surface area contributed by atoms with E-state index >= 15 is 0 Å². The van der Waals surface area contributed by atoms with Crippen LogP contribution >= 0.6 is 11.9 Å². The van der Waals surface area contributed by atoms with Gasteiger partial charge >= 0.3 is 5.97 Å². The Bertz CT molecular complexity index is 969. The second kappa shape index (κ2) is 9.83. The molecule has 0 aliphatic carbocycles. The summed E-state index contributed by atoms with van der Waals surface area (Å²) in [6.45, 7) is 2.01. The van der Waals surface area contributed by atoms with E-state index in [4.69, 9.17) is 9.47 Å². The van der Waals surface area contributed by atoms with Crippen molar-refractivity contribution in [3.8, 4) is 5.75 Å². The zero-order chi connectivity index (χ0) is 20.8. The zero-order valence-corrected chi connectivity index (χ0v) is 17.8. The molecule has 0 saturated carbocycles. The number of carbonyl (C=O) groups excluding carboxylic acids is 1. The van der Waals surface area contributed by atoms with Crippen molar-refractivity contribution < 1.29 is 14.3 Å². The third kappa shape index (κ3) is 5.43. The minimum atomic E-state index is -0.118. The highest BCUT2D eigenvalue weighted by Gasteiger charge is 2.34. The van der Waals surface area contributed by atoms with Crippen LogP contribution in [0.2, 0.25) is 0 Å². The number of rotatable bonds is 8. The van der Waals surface area contributed by atoms with Crippen LogP contribution in [0.15, 0.2) is 83.8 Å². The molecule has 0 unspecified atom stereocenters. The molecule has 1 heterocycles. The lowest BCUT2D eigenvalue weighted by atomic mass is 10.0. The Morgan fingerprint density at radius 1 is 0.933 bits per heavy atom. The maximum atomic E-state index is 11.5. The van der Waals surface area contributed by atoms with Gasteiger partial charge in [-0.3, -0.25) is 4.79 Å². The van der Waals surface area contributed by atoms with Crippen LogP contribution < -0.4 is 4.74 Å². The fraction of sp³-hybridized carbons (Fsp3) is 0.240. The average Bonchev–Trinajstić information content (AvgIpc) is 2.76. The monoisotopic (exact) mass is 419 g/mol. The van der Waals surface area contributed by atoms with Crippen LogP contribution in [0.5, 0.6) is 5.75 Å². The van der Waals surface area contributed by atoms with Gasteiger partial charge in [0.25, 0.3) is 0 Å². The van der Waals surface area contributed by atoms with E-state index in [0.717, 1.165) is 35.7 Å². The lowest BCUT2D eigenvalue weighted by Crippen LogP contribution is -2.46. The van der Waals surface area contributed by atoms with Crippen LogP contribution in [-0.2, 0) is 22.6 Å². The molecule has 0 N–H and O–H groups in total. The molecule has 4 rings (SSSR count). The highest BCUT2D eigenvalue weighted by Crippen LogP contribution is 2.31. The summed E-state index contributed by atoms with van der Waals surface area (Å²) in [6.07, 6.45) is 0.900. The number of ether oxygens (including phenoxy) is 2. The fourth-order valence-electron chi connectivity index (χ4n) is 3.37. The first-order valence-corrected chi connectivity index (χ1v) is 10.8. The number of hydrogen-bond donors (Lipinski definition) is 0. The molecule has 1 saturated heterocycles. The highest BCUT2D eigenvalue weighted by molar-refractivity contribution is 7.97. The van der Waals surface area contributed by atoms with Gasteiger partial charge in [-0.05, 0) is 59.3 Å². The molecule has 0 spiro atoms. The zero-order valence-electron chi connectivity index (χ0n) is 17.0. The van der Waals surface area contributed by atoms with Gasteiger partial charge in [0.1, 0.15) is 12.4 Å². The van der Waals surface area contributed by atoms with E-state index in [9.17, 15) is 4.79 Å². The van der Waals surface area contributed by atoms with E-state index in [1.807, 2.05) is 18.2 Å². The second-order valence-electron chi connectivity index (χ2n) is 7.40. The van der Waals surface area contributed by atoms with Gasteiger partial charge in [-0.2, -0.15) is 0 Å². The molecule has 0 amide bonds. The van der Waals surface area contributed by atoms with E-state index in [2.05, 4.69) is 65.0 Å². The third-order valence-electron chi connectivity index (χ3n) is 5.10. The van der Waals surface area contributed by atoms with Gasteiger partial charge in [-0.1, -0.05) is 54.6 Å². The van der Waals surface area contributed by atoms with Crippen LogP contribution in [0.25, 0.3) is 0 Å². The molecule has 0 bridgehead atoms. The van der Waals surface area contributed by atoms with Crippen LogP contribution in [0.3, 0.4) is 0 Å². The molecular formula is C25H25NO3S. The van der Waals surface area contributed by atoms with Gasteiger partial charge in [0.05, 0.1) is 13.0 Å². The molecule has 0 radical (unpaired) electrons. The van der Waals surface area contributed by atoms with E-state index in [1.165, 1.54) is 18.2 Å². The van der Waals surface area contributed by atoms with Gasteiger partial charge in [0.15, 0.2) is 0 Å². The lowest BCUT2D eigenvalue weighted by Gasteiger charge is -2.35. The minimum absolute atomic E-state index is 0.00725. The van der Waals surface area contributed by atoms with E-state index < -0.39 is 0 Å². The molecule has 0 atom stereocenters. The Morgan fingerprint density at radius 3 is 2.40 bits per heavy atom. The van der Waals surface area contributed by atoms with E-state index in [1.54, 1.807) is 11.9 Å². The van der Waals surface area contributed by atoms with Crippen molar-refractivity contribution in [1.29, 1.82) is 0 Å². The van der Waals surface area contributed by atoms with Crippen molar-refractivity contribution in [3.05, 3.63) is 95.6 Å². The molecule has 1 fully saturated rings. The first-order chi connectivity index (χ1) is 14.7. The van der Waals surface area contributed by atoms with Crippen LogP contribution in [0, 0.1) is 5.92 Å². The molecule has 3 aromatic rings. The minimum Gasteiger partial charge on any atom is -0.489 e. The Kier molecular flexibility index (Phi) is 6.72. The Morgan fingerprint density at radius 2 is 1.67 bits per heavy atom. The maximum absolute atomic E-state index is 11.5. The molecule has 30 heavy (non-hydrogen) atoms. The normalized spacial score (nSPS) is 14.2. The second-order valence-corrected chi connectivity index (χ2v) is 8.57. The topological polar surface area (TPSA) is 38.8 Å². The van der Waals surface area contributed by atoms with Crippen molar-refractivity contribution in [2.45, 2.75) is 17.9 Å². The smallest absolute Gasteiger partial charge is 0.311 e. The largest absolute Gasteiger partial charge is 0.489 e. The van der Waals surface area contributed by atoms with Crippen molar-refractivity contribution in [1.82, 2.24) is 4.31 Å². The molecule has 0 aromatic heterocycles. The molecule has 3 aromatic carbocycles. The number of hydrogen-bond acceptors (Lipinski definition) is 5. The molecule has 154 valence electrons. The maximum Gasteiger partial charge on any atom is 0.311 e. The van der Waals surface area contributed by atoms with Crippen molar-refractivity contribution >= 4 is 17.9 Å². The number of esters is 1. The van der Waals surface area contributed by atoms with Crippen molar-refractivity contribution in [3.63, 3.8) is 0 Å². The molecule has 5 heteroatoms.